The molecule has 186 valence electrons. The van der Waals surface area contributed by atoms with E-state index in [0.717, 1.165) is 25.7 Å². The third-order valence-electron chi connectivity index (χ3n) is 7.23. The molecular formula is C24H31N7O4. The molecular weight excluding hydrogens is 450 g/mol. The normalized spacial score (nSPS) is 22.5. The van der Waals surface area contributed by atoms with Crippen molar-refractivity contribution in [2.24, 2.45) is 0 Å². The number of hydrogen-bond acceptors (Lipinski definition) is 8. The van der Waals surface area contributed by atoms with Gasteiger partial charge in [-0.1, -0.05) is 0 Å². The first-order chi connectivity index (χ1) is 16.9. The number of ether oxygens (including phenoxy) is 2. The van der Waals surface area contributed by atoms with Gasteiger partial charge < -0.3 is 30.0 Å². The average molecular weight is 482 g/mol. The second-order valence-corrected chi connectivity index (χ2v) is 9.25. The van der Waals surface area contributed by atoms with Crippen molar-refractivity contribution >= 4 is 28.9 Å². The number of pyridine rings is 1. The second-order valence-electron chi connectivity index (χ2n) is 9.25. The lowest BCUT2D eigenvalue weighted by Gasteiger charge is -2.45. The molecule has 2 atom stereocenters. The fourth-order valence-corrected chi connectivity index (χ4v) is 4.76. The molecule has 1 amide bonds. The Morgan fingerprint density at radius 1 is 1.29 bits per heavy atom. The summed E-state index contributed by atoms with van der Waals surface area (Å²) < 4.78 is 14.3. The summed E-state index contributed by atoms with van der Waals surface area (Å²) in [7, 11) is 3.42. The van der Waals surface area contributed by atoms with Gasteiger partial charge in [0.15, 0.2) is 5.65 Å². The Morgan fingerprint density at radius 2 is 2.09 bits per heavy atom. The number of methoxy groups -OCH3 is 1. The van der Waals surface area contributed by atoms with Crippen molar-refractivity contribution in [1.29, 1.82) is 0 Å². The fourth-order valence-electron chi connectivity index (χ4n) is 4.76. The molecule has 2 fully saturated rings. The van der Waals surface area contributed by atoms with Gasteiger partial charge in [0.2, 0.25) is 0 Å². The van der Waals surface area contributed by atoms with Crippen LogP contribution in [0, 0.1) is 0 Å². The number of anilines is 3. The summed E-state index contributed by atoms with van der Waals surface area (Å²) in [6.45, 7) is 3.29. The lowest BCUT2D eigenvalue weighted by Crippen LogP contribution is -2.59. The Balaban J connectivity index is 1.45. The number of nitrogens with zero attached hydrogens (tertiary/aromatic N) is 4. The van der Waals surface area contributed by atoms with Gasteiger partial charge in [-0.05, 0) is 44.7 Å². The van der Waals surface area contributed by atoms with Crippen LogP contribution in [-0.2, 0) is 9.47 Å². The summed E-state index contributed by atoms with van der Waals surface area (Å²) in [5.74, 6) is 0.799. The SMILES string of the molecule is CNc1cc(Nc2cccn(C3CCOCC3)c2=O)nc2c(C(=O)NC3CC[C@@]3(C)OC)cnn12. The van der Waals surface area contributed by atoms with Crippen LogP contribution in [0.1, 0.15) is 49.0 Å². The molecule has 0 aromatic carbocycles. The molecule has 1 saturated carbocycles. The molecule has 1 unspecified atom stereocenters. The standard InChI is InChI=1S/C24H31N7O4/c1-24(34-3)9-6-18(24)28-22(32)16-14-26-31-20(25-2)13-19(29-21(16)31)27-17-5-4-10-30(23(17)33)15-7-11-35-12-8-15/h4-5,10,13-15,18,25H,6-9,11-12H2,1-3H3,(H,27,29)(H,28,32)/t18?,24-/m1/s1. The van der Waals surface area contributed by atoms with Crippen molar-refractivity contribution in [2.75, 3.05) is 38.0 Å². The van der Waals surface area contributed by atoms with Gasteiger partial charge >= 0.3 is 0 Å². The number of carbonyl (C=O) groups excluding carboxylic acids is 1. The molecule has 3 aromatic rings. The Hall–Kier alpha value is -3.44. The van der Waals surface area contributed by atoms with E-state index in [9.17, 15) is 9.59 Å². The molecule has 4 heterocycles. The number of fused-ring (bicyclic) bond motifs is 1. The Kier molecular flexibility index (Phi) is 6.20. The second kappa shape index (κ2) is 9.31. The van der Waals surface area contributed by atoms with Gasteiger partial charge in [-0.25, -0.2) is 4.98 Å². The van der Waals surface area contributed by atoms with E-state index in [1.807, 2.05) is 19.2 Å². The lowest BCUT2D eigenvalue weighted by atomic mass is 9.76. The highest BCUT2D eigenvalue weighted by molar-refractivity contribution is 6.00. The Bertz CT molecular complexity index is 1290. The van der Waals surface area contributed by atoms with Gasteiger partial charge in [0.25, 0.3) is 11.5 Å². The molecule has 11 nitrogen and oxygen atoms in total. The van der Waals surface area contributed by atoms with Crippen LogP contribution < -0.4 is 21.5 Å². The molecule has 0 bridgehead atoms. The highest BCUT2D eigenvalue weighted by Gasteiger charge is 2.44. The molecule has 0 radical (unpaired) electrons. The summed E-state index contributed by atoms with van der Waals surface area (Å²) in [4.78, 5) is 30.9. The number of rotatable bonds is 7. The molecule has 1 aliphatic heterocycles. The number of amides is 1. The molecule has 1 aliphatic carbocycles. The Morgan fingerprint density at radius 3 is 2.77 bits per heavy atom. The predicted octanol–water partition coefficient (Wildman–Crippen LogP) is 2.33. The van der Waals surface area contributed by atoms with E-state index in [1.165, 1.54) is 6.20 Å². The zero-order chi connectivity index (χ0) is 24.6. The lowest BCUT2D eigenvalue weighted by molar-refractivity contribution is -0.0828. The van der Waals surface area contributed by atoms with Crippen LogP contribution >= 0.6 is 0 Å². The topological polar surface area (TPSA) is 124 Å². The third kappa shape index (κ3) is 4.25. The largest absolute Gasteiger partial charge is 0.381 e. The smallest absolute Gasteiger partial charge is 0.274 e. The summed E-state index contributed by atoms with van der Waals surface area (Å²) in [6.07, 6.45) is 6.66. The molecule has 35 heavy (non-hydrogen) atoms. The molecule has 11 heteroatoms. The van der Waals surface area contributed by atoms with Crippen molar-refractivity contribution in [2.45, 2.75) is 50.3 Å². The van der Waals surface area contributed by atoms with E-state index >= 15 is 0 Å². The van der Waals surface area contributed by atoms with E-state index in [-0.39, 0.29) is 29.2 Å². The van der Waals surface area contributed by atoms with Crippen molar-refractivity contribution in [3.63, 3.8) is 0 Å². The van der Waals surface area contributed by atoms with Gasteiger partial charge in [0, 0.05) is 45.7 Å². The molecule has 0 spiro atoms. The van der Waals surface area contributed by atoms with Crippen LogP contribution in [0.25, 0.3) is 5.65 Å². The highest BCUT2D eigenvalue weighted by Crippen LogP contribution is 2.35. The highest BCUT2D eigenvalue weighted by atomic mass is 16.5. The molecule has 1 saturated heterocycles. The molecule has 5 rings (SSSR count). The van der Waals surface area contributed by atoms with E-state index in [4.69, 9.17) is 9.47 Å². The van der Waals surface area contributed by atoms with Gasteiger partial charge in [-0.15, -0.1) is 0 Å². The number of nitrogens with one attached hydrogen (secondary N) is 3. The molecule has 3 aromatic heterocycles. The summed E-state index contributed by atoms with van der Waals surface area (Å²) in [5, 5.41) is 13.6. The first kappa shape index (κ1) is 23.3. The van der Waals surface area contributed by atoms with E-state index in [2.05, 4.69) is 26.0 Å². The summed E-state index contributed by atoms with van der Waals surface area (Å²) >= 11 is 0. The molecule has 2 aliphatic rings. The maximum absolute atomic E-state index is 13.2. The van der Waals surface area contributed by atoms with E-state index < -0.39 is 0 Å². The van der Waals surface area contributed by atoms with Crippen molar-refractivity contribution in [3.8, 4) is 0 Å². The van der Waals surface area contributed by atoms with Gasteiger partial charge in [-0.2, -0.15) is 9.61 Å². The number of hydrogen-bond donors (Lipinski definition) is 3. The minimum absolute atomic E-state index is 0.0759. The maximum atomic E-state index is 13.2. The predicted molar refractivity (Wildman–Crippen MR) is 132 cm³/mol. The monoisotopic (exact) mass is 481 g/mol. The first-order valence-electron chi connectivity index (χ1n) is 11.9. The van der Waals surface area contributed by atoms with E-state index in [1.54, 1.807) is 35.4 Å². The van der Waals surface area contributed by atoms with Crippen molar-refractivity contribution in [3.05, 3.63) is 46.5 Å². The summed E-state index contributed by atoms with van der Waals surface area (Å²) in [6, 6.07) is 5.36. The van der Waals surface area contributed by atoms with Gasteiger partial charge in [0.1, 0.15) is 22.9 Å². The van der Waals surface area contributed by atoms with Crippen LogP contribution in [0.4, 0.5) is 17.3 Å². The quantitative estimate of drug-likeness (QED) is 0.470. The average Bonchev–Trinajstić information content (AvgIpc) is 3.31. The van der Waals surface area contributed by atoms with Gasteiger partial charge in [-0.3, -0.25) is 9.59 Å². The first-order valence-corrected chi connectivity index (χ1v) is 11.9. The van der Waals surface area contributed by atoms with Crippen LogP contribution in [0.3, 0.4) is 0 Å². The van der Waals surface area contributed by atoms with Crippen LogP contribution in [0.15, 0.2) is 35.4 Å². The zero-order valence-corrected chi connectivity index (χ0v) is 20.2. The van der Waals surface area contributed by atoms with Crippen molar-refractivity contribution < 1.29 is 14.3 Å². The minimum Gasteiger partial charge on any atom is -0.381 e. The van der Waals surface area contributed by atoms with Crippen LogP contribution in [-0.4, -0.2) is 64.1 Å². The molecule has 3 N–H and O–H groups in total. The van der Waals surface area contributed by atoms with Crippen molar-refractivity contribution in [1.82, 2.24) is 24.5 Å². The Labute approximate surface area is 202 Å². The summed E-state index contributed by atoms with van der Waals surface area (Å²) in [5.41, 5.74) is 0.655. The van der Waals surface area contributed by atoms with Gasteiger partial charge in [0.05, 0.1) is 17.8 Å². The minimum atomic E-state index is -0.368. The van der Waals surface area contributed by atoms with Crippen LogP contribution in [0.5, 0.6) is 0 Å². The third-order valence-corrected chi connectivity index (χ3v) is 7.23. The van der Waals surface area contributed by atoms with E-state index in [0.29, 0.717) is 41.7 Å². The zero-order valence-electron chi connectivity index (χ0n) is 20.2. The van der Waals surface area contributed by atoms with Crippen LogP contribution in [0.2, 0.25) is 0 Å². The fraction of sp³-hybridized carbons (Fsp3) is 0.500. The number of aromatic nitrogens is 4. The number of carbonyl (C=O) groups is 1. The maximum Gasteiger partial charge on any atom is 0.274 e.